The van der Waals surface area contributed by atoms with Crippen molar-refractivity contribution in [2.75, 3.05) is 26.2 Å². The normalized spacial score (nSPS) is 14.2. The van der Waals surface area contributed by atoms with E-state index in [1.807, 2.05) is 24.3 Å². The summed E-state index contributed by atoms with van der Waals surface area (Å²) in [7, 11) is -3.83. The van der Waals surface area contributed by atoms with E-state index in [0.717, 1.165) is 6.42 Å². The van der Waals surface area contributed by atoms with Crippen molar-refractivity contribution >= 4 is 21.8 Å². The molecule has 0 spiro atoms. The fourth-order valence-electron chi connectivity index (χ4n) is 4.01. The number of rotatable bonds is 7. The third-order valence-electron chi connectivity index (χ3n) is 6.23. The van der Waals surface area contributed by atoms with Crippen molar-refractivity contribution in [1.29, 1.82) is 0 Å². The standard InChI is InChI=1S/C26H29N3O5S/c1-3-20-7-9-21(10-8-20)25(30)28-12-14-29(15-13-28)26(31)24-17-23(11-6-19(24)2)35(32,33)27-18-22-5-4-16-34-22/h4-11,16-17,27H,3,12-15,18H2,1-2H3. The van der Waals surface area contributed by atoms with Crippen LogP contribution in [-0.2, 0) is 23.0 Å². The van der Waals surface area contributed by atoms with Gasteiger partial charge in [0, 0.05) is 37.3 Å². The first kappa shape index (κ1) is 24.7. The number of piperazine rings is 1. The molecule has 8 nitrogen and oxygen atoms in total. The van der Waals surface area contributed by atoms with E-state index < -0.39 is 10.0 Å². The van der Waals surface area contributed by atoms with Crippen molar-refractivity contribution in [1.82, 2.24) is 14.5 Å². The zero-order valence-corrected chi connectivity index (χ0v) is 20.7. The largest absolute Gasteiger partial charge is 0.468 e. The molecule has 1 aromatic heterocycles. The Morgan fingerprint density at radius 2 is 1.60 bits per heavy atom. The summed E-state index contributed by atoms with van der Waals surface area (Å²) in [5, 5.41) is 0. The van der Waals surface area contributed by atoms with Crippen LogP contribution in [0.3, 0.4) is 0 Å². The molecule has 0 radical (unpaired) electrons. The molecule has 1 aliphatic rings. The fraction of sp³-hybridized carbons (Fsp3) is 0.308. The molecular formula is C26H29N3O5S. The number of benzene rings is 2. The van der Waals surface area contributed by atoms with Crippen LogP contribution in [0.4, 0.5) is 0 Å². The topological polar surface area (TPSA) is 99.9 Å². The zero-order valence-electron chi connectivity index (χ0n) is 19.9. The van der Waals surface area contributed by atoms with E-state index in [9.17, 15) is 18.0 Å². The monoisotopic (exact) mass is 495 g/mol. The highest BCUT2D eigenvalue weighted by atomic mass is 32.2. The second kappa shape index (κ2) is 10.5. The first-order chi connectivity index (χ1) is 16.8. The molecule has 1 fully saturated rings. The predicted molar refractivity (Wildman–Crippen MR) is 132 cm³/mol. The van der Waals surface area contributed by atoms with Crippen molar-refractivity contribution in [2.24, 2.45) is 0 Å². The summed E-state index contributed by atoms with van der Waals surface area (Å²) in [4.78, 5) is 29.5. The van der Waals surface area contributed by atoms with Gasteiger partial charge in [0.25, 0.3) is 11.8 Å². The van der Waals surface area contributed by atoms with Crippen LogP contribution in [0.2, 0.25) is 0 Å². The number of carbonyl (C=O) groups is 2. The van der Waals surface area contributed by atoms with Crippen LogP contribution in [0.25, 0.3) is 0 Å². The Balaban J connectivity index is 1.41. The highest BCUT2D eigenvalue weighted by molar-refractivity contribution is 7.89. The molecule has 184 valence electrons. The van der Waals surface area contributed by atoms with Crippen LogP contribution in [0.15, 0.2) is 70.2 Å². The number of aryl methyl sites for hydroxylation is 2. The number of carbonyl (C=O) groups excluding carboxylic acids is 2. The van der Waals surface area contributed by atoms with Gasteiger partial charge in [-0.25, -0.2) is 13.1 Å². The fourth-order valence-corrected chi connectivity index (χ4v) is 5.03. The van der Waals surface area contributed by atoms with E-state index in [4.69, 9.17) is 4.42 Å². The zero-order chi connectivity index (χ0) is 25.0. The Bertz CT molecular complexity index is 1290. The summed E-state index contributed by atoms with van der Waals surface area (Å²) in [5.41, 5.74) is 2.83. The van der Waals surface area contributed by atoms with Gasteiger partial charge in [-0.3, -0.25) is 9.59 Å². The second-order valence-corrected chi connectivity index (χ2v) is 10.3. The lowest BCUT2D eigenvalue weighted by molar-refractivity contribution is 0.0535. The molecule has 0 saturated carbocycles. The Morgan fingerprint density at radius 1 is 0.943 bits per heavy atom. The molecule has 35 heavy (non-hydrogen) atoms. The molecule has 0 atom stereocenters. The SMILES string of the molecule is CCc1ccc(C(=O)N2CCN(C(=O)c3cc(S(=O)(=O)NCc4ccco4)ccc3C)CC2)cc1. The number of furan rings is 1. The first-order valence-electron chi connectivity index (χ1n) is 11.6. The number of amides is 2. The van der Waals surface area contributed by atoms with Crippen LogP contribution < -0.4 is 4.72 Å². The lowest BCUT2D eigenvalue weighted by Gasteiger charge is -2.35. The maximum Gasteiger partial charge on any atom is 0.254 e. The third kappa shape index (κ3) is 5.63. The van der Waals surface area contributed by atoms with E-state index in [2.05, 4.69) is 11.6 Å². The van der Waals surface area contributed by atoms with Crippen LogP contribution in [0.5, 0.6) is 0 Å². The molecule has 9 heteroatoms. The number of nitrogens with one attached hydrogen (secondary N) is 1. The Morgan fingerprint density at radius 3 is 2.20 bits per heavy atom. The van der Waals surface area contributed by atoms with Gasteiger partial charge in [-0.1, -0.05) is 25.1 Å². The quantitative estimate of drug-likeness (QED) is 0.543. The van der Waals surface area contributed by atoms with Gasteiger partial charge in [-0.2, -0.15) is 0 Å². The molecular weight excluding hydrogens is 466 g/mol. The molecule has 0 bridgehead atoms. The molecule has 2 heterocycles. The van der Waals surface area contributed by atoms with Crippen LogP contribution >= 0.6 is 0 Å². The van der Waals surface area contributed by atoms with Gasteiger partial charge in [-0.15, -0.1) is 0 Å². The summed E-state index contributed by atoms with van der Waals surface area (Å²) >= 11 is 0. The van der Waals surface area contributed by atoms with Crippen LogP contribution in [0, 0.1) is 6.92 Å². The molecule has 2 amide bonds. The van der Waals surface area contributed by atoms with Gasteiger partial charge in [0.2, 0.25) is 10.0 Å². The van der Waals surface area contributed by atoms with Crippen molar-refractivity contribution in [3.63, 3.8) is 0 Å². The maximum absolute atomic E-state index is 13.3. The summed E-state index contributed by atoms with van der Waals surface area (Å²) in [6, 6.07) is 15.5. The number of hydrogen-bond donors (Lipinski definition) is 1. The van der Waals surface area contributed by atoms with Crippen LogP contribution in [0.1, 0.15) is 44.5 Å². The van der Waals surface area contributed by atoms with E-state index in [-0.39, 0.29) is 23.3 Å². The van der Waals surface area contributed by atoms with E-state index in [1.54, 1.807) is 34.9 Å². The van der Waals surface area contributed by atoms with Gasteiger partial charge in [-0.05, 0) is 60.9 Å². The van der Waals surface area contributed by atoms with E-state index >= 15 is 0 Å². The Hall–Kier alpha value is -3.43. The molecule has 1 aliphatic heterocycles. The van der Waals surface area contributed by atoms with Gasteiger partial charge < -0.3 is 14.2 Å². The minimum Gasteiger partial charge on any atom is -0.468 e. The van der Waals surface area contributed by atoms with Crippen molar-refractivity contribution in [2.45, 2.75) is 31.7 Å². The number of hydrogen-bond acceptors (Lipinski definition) is 5. The molecule has 3 aromatic rings. The minimum absolute atomic E-state index is 0.0161. The lowest BCUT2D eigenvalue weighted by Crippen LogP contribution is -2.50. The van der Waals surface area contributed by atoms with E-state index in [1.165, 1.54) is 24.0 Å². The van der Waals surface area contributed by atoms with E-state index in [0.29, 0.717) is 48.6 Å². The molecule has 2 aromatic carbocycles. The van der Waals surface area contributed by atoms with Gasteiger partial charge in [0.1, 0.15) is 5.76 Å². The lowest BCUT2D eigenvalue weighted by atomic mass is 10.1. The van der Waals surface area contributed by atoms with Crippen molar-refractivity contribution < 1.29 is 22.4 Å². The smallest absolute Gasteiger partial charge is 0.254 e. The van der Waals surface area contributed by atoms with Gasteiger partial charge >= 0.3 is 0 Å². The highest BCUT2D eigenvalue weighted by Crippen LogP contribution is 2.19. The van der Waals surface area contributed by atoms with Crippen LogP contribution in [-0.4, -0.2) is 56.2 Å². The molecule has 0 aliphatic carbocycles. The number of sulfonamides is 1. The summed E-state index contributed by atoms with van der Waals surface area (Å²) < 4.78 is 33.2. The van der Waals surface area contributed by atoms with Gasteiger partial charge in [0.05, 0.1) is 17.7 Å². The van der Waals surface area contributed by atoms with Gasteiger partial charge in [0.15, 0.2) is 0 Å². The highest BCUT2D eigenvalue weighted by Gasteiger charge is 2.27. The third-order valence-corrected chi connectivity index (χ3v) is 7.63. The molecule has 0 unspecified atom stereocenters. The summed E-state index contributed by atoms with van der Waals surface area (Å²) in [6.45, 7) is 5.46. The molecule has 4 rings (SSSR count). The molecule has 1 saturated heterocycles. The average molecular weight is 496 g/mol. The Kier molecular flexibility index (Phi) is 7.37. The second-order valence-electron chi connectivity index (χ2n) is 8.52. The first-order valence-corrected chi connectivity index (χ1v) is 13.1. The average Bonchev–Trinajstić information content (AvgIpc) is 3.41. The van der Waals surface area contributed by atoms with Crippen molar-refractivity contribution in [3.8, 4) is 0 Å². The number of nitrogens with zero attached hydrogens (tertiary/aromatic N) is 2. The maximum atomic E-state index is 13.3. The Labute approximate surface area is 205 Å². The summed E-state index contributed by atoms with van der Waals surface area (Å²) in [5.74, 6) is 0.197. The minimum atomic E-state index is -3.83. The summed E-state index contributed by atoms with van der Waals surface area (Å²) in [6.07, 6.45) is 2.39. The van der Waals surface area contributed by atoms with Crippen molar-refractivity contribution in [3.05, 3.63) is 88.9 Å². The molecule has 1 N–H and O–H groups in total. The predicted octanol–water partition coefficient (Wildman–Crippen LogP) is 3.23.